The number of rotatable bonds is 5. The molecule has 3 aromatic heterocycles. The number of hydrogen-bond acceptors (Lipinski definition) is 5. The number of carbonyl (C=O) groups is 1. The van der Waals surface area contributed by atoms with Gasteiger partial charge in [0.2, 0.25) is 5.91 Å². The first-order valence-electron chi connectivity index (χ1n) is 9.71. The van der Waals surface area contributed by atoms with Crippen molar-refractivity contribution in [3.8, 4) is 21.6 Å². The molecule has 8 heteroatoms. The summed E-state index contributed by atoms with van der Waals surface area (Å²) in [5, 5.41) is 2.64. The van der Waals surface area contributed by atoms with E-state index in [4.69, 9.17) is 5.73 Å². The quantitative estimate of drug-likeness (QED) is 0.410. The molecule has 32 heavy (non-hydrogen) atoms. The molecule has 0 fully saturated rings. The minimum atomic E-state index is -3.88. The van der Waals surface area contributed by atoms with E-state index in [0.717, 1.165) is 10.4 Å². The van der Waals surface area contributed by atoms with Gasteiger partial charge in [-0.05, 0) is 47.3 Å². The maximum atomic E-state index is 13.4. The minimum absolute atomic E-state index is 0.165. The molecular formula is C24H17N3O3S2. The molecular weight excluding hydrogens is 442 g/mol. The third-order valence-electron chi connectivity index (χ3n) is 5.18. The van der Waals surface area contributed by atoms with Crippen molar-refractivity contribution in [1.29, 1.82) is 0 Å². The number of aromatic nitrogens is 2. The van der Waals surface area contributed by atoms with Crippen LogP contribution >= 0.6 is 11.3 Å². The van der Waals surface area contributed by atoms with E-state index in [1.54, 1.807) is 72.3 Å². The van der Waals surface area contributed by atoms with Gasteiger partial charge in [-0.2, -0.15) is 0 Å². The van der Waals surface area contributed by atoms with Crippen LogP contribution in [0, 0.1) is 0 Å². The number of fused-ring (bicyclic) bond motifs is 1. The van der Waals surface area contributed by atoms with Crippen LogP contribution in [0.3, 0.4) is 0 Å². The highest BCUT2D eigenvalue weighted by molar-refractivity contribution is 7.90. The first kappa shape index (κ1) is 20.2. The van der Waals surface area contributed by atoms with Gasteiger partial charge in [0.25, 0.3) is 10.0 Å². The van der Waals surface area contributed by atoms with E-state index in [1.807, 2.05) is 29.6 Å². The summed E-state index contributed by atoms with van der Waals surface area (Å²) in [5.74, 6) is -0.551. The Morgan fingerprint density at radius 1 is 0.938 bits per heavy atom. The van der Waals surface area contributed by atoms with Gasteiger partial charge >= 0.3 is 0 Å². The van der Waals surface area contributed by atoms with Crippen molar-refractivity contribution in [2.45, 2.75) is 4.90 Å². The van der Waals surface area contributed by atoms with Crippen LogP contribution in [0.5, 0.6) is 0 Å². The molecule has 3 heterocycles. The van der Waals surface area contributed by atoms with Gasteiger partial charge in [-0.25, -0.2) is 17.4 Å². The highest BCUT2D eigenvalue weighted by atomic mass is 32.2. The number of primary amides is 1. The molecule has 2 aromatic carbocycles. The molecule has 6 nitrogen and oxygen atoms in total. The first-order valence-corrected chi connectivity index (χ1v) is 12.0. The number of benzene rings is 2. The van der Waals surface area contributed by atoms with Gasteiger partial charge in [-0.1, -0.05) is 36.4 Å². The molecule has 0 radical (unpaired) electrons. The number of nitrogens with two attached hydrogens (primary N) is 1. The Kier molecular flexibility index (Phi) is 4.88. The van der Waals surface area contributed by atoms with Crippen molar-refractivity contribution >= 4 is 38.3 Å². The maximum absolute atomic E-state index is 13.4. The zero-order valence-electron chi connectivity index (χ0n) is 16.7. The lowest BCUT2D eigenvalue weighted by Crippen LogP contribution is -2.12. The van der Waals surface area contributed by atoms with Gasteiger partial charge in [0.05, 0.1) is 4.90 Å². The van der Waals surface area contributed by atoms with Gasteiger partial charge < -0.3 is 5.73 Å². The van der Waals surface area contributed by atoms with Crippen molar-refractivity contribution < 1.29 is 13.2 Å². The molecule has 2 N–H and O–H groups in total. The first-order chi connectivity index (χ1) is 15.4. The zero-order valence-corrected chi connectivity index (χ0v) is 18.3. The summed E-state index contributed by atoms with van der Waals surface area (Å²) in [4.78, 5) is 17.4. The number of pyridine rings is 1. The van der Waals surface area contributed by atoms with E-state index in [9.17, 15) is 13.2 Å². The topological polar surface area (TPSA) is 95.0 Å². The minimum Gasteiger partial charge on any atom is -0.366 e. The average molecular weight is 460 g/mol. The maximum Gasteiger partial charge on any atom is 0.269 e. The molecule has 0 saturated heterocycles. The van der Waals surface area contributed by atoms with E-state index in [0.29, 0.717) is 27.7 Å². The highest BCUT2D eigenvalue weighted by Gasteiger charge is 2.23. The number of carbonyl (C=O) groups excluding carboxylic acids is 1. The fourth-order valence-corrected chi connectivity index (χ4v) is 5.67. The molecule has 0 aliphatic rings. The second-order valence-corrected chi connectivity index (χ2v) is 9.94. The van der Waals surface area contributed by atoms with Crippen molar-refractivity contribution in [3.05, 3.63) is 96.1 Å². The Morgan fingerprint density at radius 3 is 2.47 bits per heavy atom. The van der Waals surface area contributed by atoms with Crippen LogP contribution in [0.4, 0.5) is 0 Å². The van der Waals surface area contributed by atoms with Crippen LogP contribution in [-0.2, 0) is 10.0 Å². The van der Waals surface area contributed by atoms with E-state index in [2.05, 4.69) is 4.98 Å². The fourth-order valence-electron chi connectivity index (χ4n) is 3.62. The van der Waals surface area contributed by atoms with Crippen LogP contribution in [-0.4, -0.2) is 23.3 Å². The summed E-state index contributed by atoms with van der Waals surface area (Å²) < 4.78 is 28.1. The lowest BCUT2D eigenvalue weighted by Gasteiger charge is -2.07. The van der Waals surface area contributed by atoms with E-state index in [-0.39, 0.29) is 4.90 Å². The summed E-state index contributed by atoms with van der Waals surface area (Å²) in [6, 6.07) is 20.9. The smallest absolute Gasteiger partial charge is 0.269 e. The normalized spacial score (nSPS) is 11.6. The summed E-state index contributed by atoms with van der Waals surface area (Å²) in [5.41, 5.74) is 8.33. The van der Waals surface area contributed by atoms with Gasteiger partial charge in [0, 0.05) is 39.3 Å². The Bertz CT molecular complexity index is 1560. The average Bonchev–Trinajstić information content (AvgIpc) is 3.48. The van der Waals surface area contributed by atoms with E-state index >= 15 is 0 Å². The highest BCUT2D eigenvalue weighted by Crippen LogP contribution is 2.35. The Labute approximate surface area is 188 Å². The fraction of sp³-hybridized carbons (Fsp3) is 0. The Morgan fingerprint density at radius 2 is 1.75 bits per heavy atom. The molecule has 0 aliphatic carbocycles. The third kappa shape index (κ3) is 3.39. The molecule has 5 rings (SSSR count). The van der Waals surface area contributed by atoms with Crippen molar-refractivity contribution in [2.24, 2.45) is 5.73 Å². The predicted octanol–water partition coefficient (Wildman–Crippen LogP) is 4.77. The van der Waals surface area contributed by atoms with E-state index in [1.165, 1.54) is 3.97 Å². The number of nitrogens with zero attached hydrogens (tertiary/aromatic N) is 2. The summed E-state index contributed by atoms with van der Waals surface area (Å²) in [7, 11) is -3.88. The Hall–Kier alpha value is -3.75. The summed E-state index contributed by atoms with van der Waals surface area (Å²) in [6.45, 7) is 0. The number of amides is 1. The lowest BCUT2D eigenvalue weighted by atomic mass is 10.0. The number of thiophene rings is 1. The van der Waals surface area contributed by atoms with Crippen LogP contribution in [0.25, 0.3) is 32.6 Å². The van der Waals surface area contributed by atoms with Crippen LogP contribution in [0.1, 0.15) is 10.4 Å². The van der Waals surface area contributed by atoms with Crippen molar-refractivity contribution in [1.82, 2.24) is 8.96 Å². The molecule has 1 amide bonds. The van der Waals surface area contributed by atoms with Crippen molar-refractivity contribution in [3.63, 3.8) is 0 Å². The largest absolute Gasteiger partial charge is 0.366 e. The van der Waals surface area contributed by atoms with Gasteiger partial charge in [-0.15, -0.1) is 11.3 Å². The monoisotopic (exact) mass is 459 g/mol. The molecule has 0 atom stereocenters. The molecule has 5 aromatic rings. The van der Waals surface area contributed by atoms with Crippen LogP contribution < -0.4 is 5.73 Å². The summed E-state index contributed by atoms with van der Waals surface area (Å²) in [6.07, 6.45) is 3.23. The SMILES string of the molecule is NC(=O)c1cccc(-c2cn(S(=O)(=O)c3ccccc3)c3ncc(-c4cccs4)cc23)c1. The van der Waals surface area contributed by atoms with Gasteiger partial charge in [0.1, 0.15) is 0 Å². The molecule has 0 bridgehead atoms. The lowest BCUT2D eigenvalue weighted by molar-refractivity contribution is 0.100. The van der Waals surface area contributed by atoms with Crippen molar-refractivity contribution in [2.75, 3.05) is 0 Å². The second-order valence-electron chi connectivity index (χ2n) is 7.17. The van der Waals surface area contributed by atoms with E-state index < -0.39 is 15.9 Å². The standard InChI is InChI=1S/C24H17N3O3S2/c25-23(28)17-7-4-6-16(12-17)21-15-27(32(29,30)19-8-2-1-3-9-19)24-20(21)13-18(14-26-24)22-10-5-11-31-22/h1-15H,(H2,25,28). The molecule has 0 unspecified atom stereocenters. The molecule has 0 saturated carbocycles. The zero-order chi connectivity index (χ0) is 22.3. The Balaban J connectivity index is 1.80. The summed E-state index contributed by atoms with van der Waals surface area (Å²) >= 11 is 1.58. The predicted molar refractivity (Wildman–Crippen MR) is 126 cm³/mol. The van der Waals surface area contributed by atoms with Gasteiger partial charge in [-0.3, -0.25) is 4.79 Å². The van der Waals surface area contributed by atoms with Crippen LogP contribution in [0.2, 0.25) is 0 Å². The molecule has 158 valence electrons. The second kappa shape index (κ2) is 7.74. The molecule has 0 aliphatic heterocycles. The van der Waals surface area contributed by atoms with Gasteiger partial charge in [0.15, 0.2) is 5.65 Å². The van der Waals surface area contributed by atoms with Crippen LogP contribution in [0.15, 0.2) is 95.5 Å². The third-order valence-corrected chi connectivity index (χ3v) is 7.76. The molecule has 0 spiro atoms. The number of hydrogen-bond donors (Lipinski definition) is 1.